The minimum atomic E-state index is -0.465. The van der Waals surface area contributed by atoms with Gasteiger partial charge < -0.3 is 31.1 Å². The largest absolute Gasteiger partial charge is 0.491 e. The first kappa shape index (κ1) is 22.4. The minimum Gasteiger partial charge on any atom is -0.491 e. The van der Waals surface area contributed by atoms with Crippen molar-refractivity contribution < 1.29 is 9.84 Å². The van der Waals surface area contributed by atoms with Crippen molar-refractivity contribution in [3.63, 3.8) is 0 Å². The van der Waals surface area contributed by atoms with E-state index in [0.29, 0.717) is 25.5 Å². The fourth-order valence-corrected chi connectivity index (χ4v) is 4.83. The normalized spacial score (nSPS) is 16.6. The third kappa shape index (κ3) is 5.08. The van der Waals surface area contributed by atoms with E-state index in [9.17, 15) is 5.11 Å². The lowest BCUT2D eigenvalue weighted by molar-refractivity contribution is 0.0758. The van der Waals surface area contributed by atoms with Crippen molar-refractivity contribution in [2.24, 2.45) is 0 Å². The summed E-state index contributed by atoms with van der Waals surface area (Å²) in [7, 11) is 0. The smallest absolute Gasteiger partial charge is 0.221 e. The van der Waals surface area contributed by atoms with Gasteiger partial charge in [-0.1, -0.05) is 18.2 Å². The maximum atomic E-state index is 10.2. The lowest BCUT2D eigenvalue weighted by Gasteiger charge is -2.20. The summed E-state index contributed by atoms with van der Waals surface area (Å²) in [5.74, 6) is 1.41. The van der Waals surface area contributed by atoms with E-state index in [2.05, 4.69) is 50.1 Å². The molecule has 0 aliphatic carbocycles. The number of hydrogen-bond donors (Lipinski definition) is 3. The molecule has 178 valence electrons. The van der Waals surface area contributed by atoms with Crippen LogP contribution in [0.15, 0.2) is 48.7 Å². The van der Waals surface area contributed by atoms with E-state index in [1.807, 2.05) is 12.1 Å². The van der Waals surface area contributed by atoms with E-state index in [1.54, 1.807) is 6.20 Å². The Morgan fingerprint density at radius 3 is 2.53 bits per heavy atom. The fourth-order valence-electron chi connectivity index (χ4n) is 4.83. The van der Waals surface area contributed by atoms with Crippen LogP contribution in [0.25, 0.3) is 11.1 Å². The van der Waals surface area contributed by atoms with Crippen molar-refractivity contribution in [1.29, 1.82) is 0 Å². The first-order valence-corrected chi connectivity index (χ1v) is 11.9. The molecule has 1 unspecified atom stereocenters. The van der Waals surface area contributed by atoms with Crippen molar-refractivity contribution >= 4 is 17.5 Å². The Hall–Kier alpha value is -3.36. The number of anilines is 3. The standard InChI is InChI=1S/C26H32N6O2/c27-25-21(14-29-26(28)30-25)15-32-12-9-20-13-19(5-8-24(20)32)18-3-6-23(7-4-18)34-17-22(33)16-31-10-1-2-11-31/h3-8,13-14,22,33H,1-2,9-12,15-17H2,(H4,27,28,29,30). The zero-order valence-electron chi connectivity index (χ0n) is 19.4. The van der Waals surface area contributed by atoms with Crippen molar-refractivity contribution in [3.8, 4) is 16.9 Å². The molecule has 3 heterocycles. The lowest BCUT2D eigenvalue weighted by Crippen LogP contribution is -2.33. The van der Waals surface area contributed by atoms with Crippen LogP contribution in [0.3, 0.4) is 0 Å². The first-order valence-electron chi connectivity index (χ1n) is 11.9. The minimum absolute atomic E-state index is 0.197. The highest BCUT2D eigenvalue weighted by Crippen LogP contribution is 2.34. The molecule has 5 N–H and O–H groups in total. The number of β-amino-alcohol motifs (C(OH)–C–C–N with tert-alkyl or cyclic N) is 1. The number of nitrogens with two attached hydrogens (primary N) is 2. The fraction of sp³-hybridized carbons (Fsp3) is 0.385. The highest BCUT2D eigenvalue weighted by atomic mass is 16.5. The molecule has 3 aromatic rings. The van der Waals surface area contributed by atoms with Gasteiger partial charge in [-0.25, -0.2) is 4.98 Å². The van der Waals surface area contributed by atoms with E-state index in [-0.39, 0.29) is 5.95 Å². The van der Waals surface area contributed by atoms with Gasteiger partial charge in [-0.05, 0) is 73.3 Å². The Bertz CT molecular complexity index is 1130. The highest BCUT2D eigenvalue weighted by molar-refractivity contribution is 5.71. The number of hydrogen-bond acceptors (Lipinski definition) is 8. The summed E-state index contributed by atoms with van der Waals surface area (Å²) < 4.78 is 5.82. The van der Waals surface area contributed by atoms with Crippen molar-refractivity contribution in [1.82, 2.24) is 14.9 Å². The van der Waals surface area contributed by atoms with Gasteiger partial charge >= 0.3 is 0 Å². The quantitative estimate of drug-likeness (QED) is 0.470. The summed E-state index contributed by atoms with van der Waals surface area (Å²) in [4.78, 5) is 12.7. The second kappa shape index (κ2) is 9.87. The van der Waals surface area contributed by atoms with E-state index < -0.39 is 6.10 Å². The van der Waals surface area contributed by atoms with Gasteiger partial charge in [-0.15, -0.1) is 0 Å². The molecule has 0 amide bonds. The Morgan fingerprint density at radius 1 is 1.00 bits per heavy atom. The lowest BCUT2D eigenvalue weighted by atomic mass is 10.0. The molecule has 8 nitrogen and oxygen atoms in total. The molecular weight excluding hydrogens is 428 g/mol. The zero-order chi connectivity index (χ0) is 23.5. The third-order valence-corrected chi connectivity index (χ3v) is 6.65. The van der Waals surface area contributed by atoms with Crippen LogP contribution >= 0.6 is 0 Å². The molecule has 0 spiro atoms. The number of fused-ring (bicyclic) bond motifs is 1. The molecule has 1 fully saturated rings. The number of ether oxygens (including phenoxy) is 1. The highest BCUT2D eigenvalue weighted by Gasteiger charge is 2.21. The number of benzene rings is 2. The Labute approximate surface area is 200 Å². The number of likely N-dealkylation sites (tertiary alicyclic amines) is 1. The van der Waals surface area contributed by atoms with Gasteiger partial charge in [-0.2, -0.15) is 4.98 Å². The van der Waals surface area contributed by atoms with Crippen LogP contribution in [-0.2, 0) is 13.0 Å². The van der Waals surface area contributed by atoms with Crippen molar-refractivity contribution in [2.45, 2.75) is 31.9 Å². The molecule has 2 aliphatic rings. The predicted molar refractivity (Wildman–Crippen MR) is 135 cm³/mol. The summed E-state index contributed by atoms with van der Waals surface area (Å²) in [6.07, 6.45) is 4.67. The summed E-state index contributed by atoms with van der Waals surface area (Å²) in [6.45, 7) is 4.74. The molecule has 0 bridgehead atoms. The molecule has 1 atom stereocenters. The van der Waals surface area contributed by atoms with Crippen LogP contribution < -0.4 is 21.1 Å². The van der Waals surface area contributed by atoms with E-state index >= 15 is 0 Å². The molecular formula is C26H32N6O2. The average molecular weight is 461 g/mol. The maximum Gasteiger partial charge on any atom is 0.221 e. The van der Waals surface area contributed by atoms with Gasteiger partial charge in [0.05, 0.1) is 0 Å². The van der Waals surface area contributed by atoms with Gasteiger partial charge in [-0.3, -0.25) is 0 Å². The van der Waals surface area contributed by atoms with Gasteiger partial charge in [0.15, 0.2) is 0 Å². The van der Waals surface area contributed by atoms with Crippen LogP contribution in [0.2, 0.25) is 0 Å². The first-order chi connectivity index (χ1) is 16.5. The number of nitrogens with zero attached hydrogens (tertiary/aromatic N) is 4. The SMILES string of the molecule is Nc1ncc(CN2CCc3cc(-c4ccc(OCC(O)CN5CCCC5)cc4)ccc32)c(N)n1. The Morgan fingerprint density at radius 2 is 1.76 bits per heavy atom. The monoisotopic (exact) mass is 460 g/mol. The second-order valence-electron chi connectivity index (χ2n) is 9.15. The predicted octanol–water partition coefficient (Wildman–Crippen LogP) is 2.71. The summed E-state index contributed by atoms with van der Waals surface area (Å²) in [6, 6.07) is 14.7. The second-order valence-corrected chi connectivity index (χ2v) is 9.15. The topological polar surface area (TPSA) is 114 Å². The number of aromatic nitrogens is 2. The Kier molecular flexibility index (Phi) is 6.51. The van der Waals surface area contributed by atoms with Crippen LogP contribution in [-0.4, -0.2) is 58.9 Å². The van der Waals surface area contributed by atoms with E-state index in [1.165, 1.54) is 29.7 Å². The average Bonchev–Trinajstić information content (AvgIpc) is 3.49. The number of nitrogen functional groups attached to an aromatic ring is 2. The molecule has 5 rings (SSSR count). The van der Waals surface area contributed by atoms with Crippen molar-refractivity contribution in [2.75, 3.05) is 49.2 Å². The summed E-state index contributed by atoms with van der Waals surface area (Å²) in [5.41, 5.74) is 17.4. The molecule has 0 saturated carbocycles. The molecule has 1 aromatic heterocycles. The van der Waals surface area contributed by atoms with Crippen LogP contribution in [0, 0.1) is 0 Å². The molecule has 2 aliphatic heterocycles. The Balaban J connectivity index is 1.20. The molecule has 2 aromatic carbocycles. The molecule has 1 saturated heterocycles. The van der Waals surface area contributed by atoms with Crippen LogP contribution in [0.4, 0.5) is 17.5 Å². The number of rotatable bonds is 8. The van der Waals surface area contributed by atoms with Crippen molar-refractivity contribution in [3.05, 3.63) is 59.8 Å². The third-order valence-electron chi connectivity index (χ3n) is 6.65. The van der Waals surface area contributed by atoms with E-state index in [0.717, 1.165) is 42.9 Å². The van der Waals surface area contributed by atoms with E-state index in [4.69, 9.17) is 16.2 Å². The number of aliphatic hydroxyl groups is 1. The maximum absolute atomic E-state index is 10.2. The van der Waals surface area contributed by atoms with Crippen LogP contribution in [0.5, 0.6) is 5.75 Å². The number of aliphatic hydroxyl groups excluding tert-OH is 1. The van der Waals surface area contributed by atoms with Gasteiger partial charge in [0.2, 0.25) is 5.95 Å². The molecule has 34 heavy (non-hydrogen) atoms. The summed E-state index contributed by atoms with van der Waals surface area (Å²) >= 11 is 0. The molecule has 8 heteroatoms. The zero-order valence-corrected chi connectivity index (χ0v) is 19.4. The van der Waals surface area contributed by atoms with Crippen LogP contribution in [0.1, 0.15) is 24.0 Å². The van der Waals surface area contributed by atoms with Gasteiger partial charge in [0, 0.05) is 37.1 Å². The molecule has 0 radical (unpaired) electrons. The van der Waals surface area contributed by atoms with Gasteiger partial charge in [0.25, 0.3) is 0 Å². The van der Waals surface area contributed by atoms with Gasteiger partial charge in [0.1, 0.15) is 24.3 Å². The summed E-state index contributed by atoms with van der Waals surface area (Å²) in [5, 5.41) is 10.2.